The van der Waals surface area contributed by atoms with E-state index in [1.807, 2.05) is 43.0 Å². The Hall–Kier alpha value is -1.36. The van der Waals surface area contributed by atoms with Crippen LogP contribution in [0.5, 0.6) is 0 Å². The van der Waals surface area contributed by atoms with Crippen molar-refractivity contribution < 1.29 is 13.2 Å². The van der Waals surface area contributed by atoms with Crippen molar-refractivity contribution in [3.63, 3.8) is 0 Å². The van der Waals surface area contributed by atoms with Gasteiger partial charge in [-0.1, -0.05) is 24.3 Å². The van der Waals surface area contributed by atoms with E-state index in [1.54, 1.807) is 0 Å². The summed E-state index contributed by atoms with van der Waals surface area (Å²) in [6.07, 6.45) is 3.40. The molecule has 1 aliphatic heterocycles. The van der Waals surface area contributed by atoms with E-state index < -0.39 is 9.84 Å². The highest BCUT2D eigenvalue weighted by Gasteiger charge is 2.19. The lowest BCUT2D eigenvalue weighted by Gasteiger charge is -2.17. The van der Waals surface area contributed by atoms with Gasteiger partial charge in [-0.05, 0) is 37.8 Å². The molecular weight excluding hydrogens is 503 g/mol. The largest absolute Gasteiger partial charge is 0.357 e. The maximum absolute atomic E-state index is 11.7. The lowest BCUT2D eigenvalue weighted by Crippen LogP contribution is -2.42. The lowest BCUT2D eigenvalue weighted by molar-refractivity contribution is -0.128. The zero-order valence-electron chi connectivity index (χ0n) is 17.5. The number of aliphatic imine (C=N–C) groups is 1. The first-order chi connectivity index (χ1) is 13.3. The number of sulfone groups is 1. The summed E-state index contributed by atoms with van der Waals surface area (Å²) in [5.74, 6) is 1.07. The van der Waals surface area contributed by atoms with E-state index in [0.717, 1.165) is 30.6 Å². The van der Waals surface area contributed by atoms with Crippen LogP contribution in [0.3, 0.4) is 0 Å². The summed E-state index contributed by atoms with van der Waals surface area (Å²) >= 11 is 0. The zero-order chi connectivity index (χ0) is 20.6. The molecule has 0 saturated carbocycles. The van der Waals surface area contributed by atoms with E-state index in [2.05, 4.69) is 15.6 Å². The van der Waals surface area contributed by atoms with Crippen molar-refractivity contribution in [1.82, 2.24) is 15.5 Å². The van der Waals surface area contributed by atoms with Crippen molar-refractivity contribution in [3.05, 3.63) is 35.4 Å². The normalized spacial score (nSPS) is 15.8. The number of carbonyl (C=O) groups is 1. The van der Waals surface area contributed by atoms with Crippen LogP contribution < -0.4 is 10.6 Å². The van der Waals surface area contributed by atoms with Gasteiger partial charge < -0.3 is 15.5 Å². The molecule has 2 N–H and O–H groups in total. The molecule has 1 saturated heterocycles. The molecule has 1 amide bonds. The molecule has 1 aromatic rings. The third kappa shape index (κ3) is 9.79. The molecule has 0 radical (unpaired) electrons. The standard InChI is InChI=1S/C20H32N4O3S.HI/c1-4-21-20(23-16(2)11-13-28(3,26)27)22-14-17-7-9-18(10-8-17)15-24-12-5-6-19(24)25;/h7-10,16H,4-6,11-15H2,1-3H3,(H2,21,22,23);1H. The smallest absolute Gasteiger partial charge is 0.222 e. The quantitative estimate of drug-likeness (QED) is 0.287. The van der Waals surface area contributed by atoms with Crippen molar-refractivity contribution in [2.75, 3.05) is 25.1 Å². The van der Waals surface area contributed by atoms with E-state index in [1.165, 1.54) is 6.26 Å². The first-order valence-corrected chi connectivity index (χ1v) is 11.9. The highest BCUT2D eigenvalue weighted by atomic mass is 127. The fraction of sp³-hybridized carbons (Fsp3) is 0.600. The Balaban J connectivity index is 0.00000420. The summed E-state index contributed by atoms with van der Waals surface area (Å²) in [5, 5.41) is 6.45. The maximum atomic E-state index is 11.7. The van der Waals surface area contributed by atoms with Crippen molar-refractivity contribution in [2.24, 2.45) is 4.99 Å². The maximum Gasteiger partial charge on any atom is 0.222 e. The molecule has 9 heteroatoms. The minimum Gasteiger partial charge on any atom is -0.357 e. The zero-order valence-corrected chi connectivity index (χ0v) is 20.6. The van der Waals surface area contributed by atoms with Crippen LogP contribution in [0.2, 0.25) is 0 Å². The fourth-order valence-corrected chi connectivity index (χ4v) is 3.81. The van der Waals surface area contributed by atoms with Crippen LogP contribution in [-0.4, -0.2) is 56.3 Å². The molecule has 0 spiro atoms. The van der Waals surface area contributed by atoms with Gasteiger partial charge >= 0.3 is 0 Å². The third-order valence-electron chi connectivity index (χ3n) is 4.64. The van der Waals surface area contributed by atoms with E-state index in [9.17, 15) is 13.2 Å². The molecule has 1 aliphatic rings. The second-order valence-electron chi connectivity index (χ2n) is 7.39. The number of guanidine groups is 1. The van der Waals surface area contributed by atoms with Gasteiger partial charge in [0, 0.05) is 38.4 Å². The molecule has 1 unspecified atom stereocenters. The summed E-state index contributed by atoms with van der Waals surface area (Å²) in [6, 6.07) is 8.18. The third-order valence-corrected chi connectivity index (χ3v) is 5.61. The highest BCUT2D eigenvalue weighted by molar-refractivity contribution is 14.0. The Kier molecular flexibility index (Phi) is 10.9. The number of carbonyl (C=O) groups excluding carboxylic acids is 1. The average Bonchev–Trinajstić information content (AvgIpc) is 3.03. The number of halogens is 1. The van der Waals surface area contributed by atoms with Crippen LogP contribution in [0.1, 0.15) is 44.2 Å². The van der Waals surface area contributed by atoms with Gasteiger partial charge in [0.2, 0.25) is 5.91 Å². The van der Waals surface area contributed by atoms with Gasteiger partial charge in [0.15, 0.2) is 5.96 Å². The van der Waals surface area contributed by atoms with Gasteiger partial charge in [-0.15, -0.1) is 24.0 Å². The van der Waals surface area contributed by atoms with Gasteiger partial charge in [0.25, 0.3) is 0 Å². The molecule has 0 aliphatic carbocycles. The second kappa shape index (κ2) is 12.4. The number of nitrogens with one attached hydrogen (secondary N) is 2. The Morgan fingerprint density at radius 1 is 1.24 bits per heavy atom. The second-order valence-corrected chi connectivity index (χ2v) is 9.65. The first-order valence-electron chi connectivity index (χ1n) is 9.85. The fourth-order valence-electron chi connectivity index (χ4n) is 3.03. The molecule has 2 rings (SSSR count). The molecule has 164 valence electrons. The predicted octanol–water partition coefficient (Wildman–Crippen LogP) is 2.31. The number of hydrogen-bond donors (Lipinski definition) is 2. The van der Waals surface area contributed by atoms with Crippen LogP contribution in [0.15, 0.2) is 29.3 Å². The van der Waals surface area contributed by atoms with E-state index >= 15 is 0 Å². The average molecular weight is 536 g/mol. The van der Waals surface area contributed by atoms with Gasteiger partial charge in [0.1, 0.15) is 9.84 Å². The number of nitrogens with zero attached hydrogens (tertiary/aromatic N) is 2. The van der Waals surface area contributed by atoms with E-state index in [4.69, 9.17) is 0 Å². The molecule has 1 aromatic carbocycles. The van der Waals surface area contributed by atoms with Gasteiger partial charge in [0.05, 0.1) is 12.3 Å². The molecule has 7 nitrogen and oxygen atoms in total. The topological polar surface area (TPSA) is 90.9 Å². The van der Waals surface area contributed by atoms with Crippen molar-refractivity contribution >= 4 is 45.7 Å². The van der Waals surface area contributed by atoms with Gasteiger partial charge in [-0.25, -0.2) is 13.4 Å². The van der Waals surface area contributed by atoms with Gasteiger partial charge in [-0.2, -0.15) is 0 Å². The van der Waals surface area contributed by atoms with Crippen molar-refractivity contribution in [1.29, 1.82) is 0 Å². The van der Waals surface area contributed by atoms with Crippen molar-refractivity contribution in [2.45, 2.75) is 52.2 Å². The lowest BCUT2D eigenvalue weighted by atomic mass is 10.1. The Bertz CT molecular complexity index is 781. The molecule has 1 heterocycles. The monoisotopic (exact) mass is 536 g/mol. The minimum atomic E-state index is -2.96. The SMILES string of the molecule is CCNC(=NCc1ccc(CN2CCCC2=O)cc1)NC(C)CCS(C)(=O)=O.I. The Labute approximate surface area is 191 Å². The predicted molar refractivity (Wildman–Crippen MR) is 128 cm³/mol. The number of benzene rings is 1. The number of likely N-dealkylation sites (tertiary alicyclic amines) is 1. The summed E-state index contributed by atoms with van der Waals surface area (Å²) < 4.78 is 22.6. The van der Waals surface area contributed by atoms with Crippen LogP contribution in [-0.2, 0) is 27.7 Å². The van der Waals surface area contributed by atoms with Gasteiger partial charge in [-0.3, -0.25) is 4.79 Å². The highest BCUT2D eigenvalue weighted by Crippen LogP contribution is 2.15. The minimum absolute atomic E-state index is 0. The van der Waals surface area contributed by atoms with Crippen LogP contribution >= 0.6 is 24.0 Å². The van der Waals surface area contributed by atoms with Crippen LogP contribution in [0, 0.1) is 0 Å². The molecular formula is C20H33IN4O3S. The molecule has 1 fully saturated rings. The molecule has 1 atom stereocenters. The van der Waals surface area contributed by atoms with Crippen LogP contribution in [0.25, 0.3) is 0 Å². The van der Waals surface area contributed by atoms with Crippen LogP contribution in [0.4, 0.5) is 0 Å². The van der Waals surface area contributed by atoms with E-state index in [-0.39, 0.29) is 41.7 Å². The summed E-state index contributed by atoms with van der Waals surface area (Å²) in [6.45, 7) is 6.72. The summed E-state index contributed by atoms with van der Waals surface area (Å²) in [7, 11) is -2.96. The number of amides is 1. The molecule has 29 heavy (non-hydrogen) atoms. The van der Waals surface area contributed by atoms with E-state index in [0.29, 0.717) is 31.9 Å². The Morgan fingerprint density at radius 3 is 2.45 bits per heavy atom. The molecule has 0 bridgehead atoms. The molecule has 0 aromatic heterocycles. The first kappa shape index (κ1) is 25.7. The summed E-state index contributed by atoms with van der Waals surface area (Å²) in [5.41, 5.74) is 2.21. The van der Waals surface area contributed by atoms with Crippen molar-refractivity contribution in [3.8, 4) is 0 Å². The number of rotatable bonds is 9. The summed E-state index contributed by atoms with van der Waals surface area (Å²) in [4.78, 5) is 18.2. The Morgan fingerprint density at radius 2 is 1.90 bits per heavy atom. The number of hydrogen-bond acceptors (Lipinski definition) is 4.